The summed E-state index contributed by atoms with van der Waals surface area (Å²) in [7, 11) is 0. The average Bonchev–Trinajstić information content (AvgIpc) is 2.91. The Balaban J connectivity index is 1.44. The van der Waals surface area contributed by atoms with Gasteiger partial charge in [-0.05, 0) is 76.2 Å². The molecule has 0 aliphatic heterocycles. The molecule has 0 radical (unpaired) electrons. The van der Waals surface area contributed by atoms with Gasteiger partial charge in [-0.15, -0.1) is 0 Å². The molecule has 0 spiro atoms. The summed E-state index contributed by atoms with van der Waals surface area (Å²) in [6.07, 6.45) is 2.27. The minimum absolute atomic E-state index is 0.0656. The lowest BCUT2D eigenvalue weighted by atomic mass is 9.87. The van der Waals surface area contributed by atoms with Crippen LogP contribution in [0.3, 0.4) is 0 Å². The van der Waals surface area contributed by atoms with Crippen molar-refractivity contribution in [3.8, 4) is 17.2 Å². The van der Waals surface area contributed by atoms with Crippen molar-refractivity contribution >= 4 is 22.6 Å². The number of aliphatic carboxylic acids is 1. The fourth-order valence-corrected chi connectivity index (χ4v) is 4.40. The summed E-state index contributed by atoms with van der Waals surface area (Å²) < 4.78 is 11.9. The molecule has 7 nitrogen and oxygen atoms in total. The average molecular weight is 569 g/mol. The molecule has 42 heavy (non-hydrogen) atoms. The van der Waals surface area contributed by atoms with E-state index in [1.54, 1.807) is 36.5 Å². The number of nitrogens with zero attached hydrogens (tertiary/aromatic N) is 1. The molecule has 0 saturated carbocycles. The van der Waals surface area contributed by atoms with Crippen LogP contribution in [0.2, 0.25) is 0 Å². The number of hydrogen-bond acceptors (Lipinski definition) is 5. The van der Waals surface area contributed by atoms with E-state index in [4.69, 9.17) is 9.47 Å². The largest absolute Gasteiger partial charge is 0.494 e. The van der Waals surface area contributed by atoms with Gasteiger partial charge in [0.25, 0.3) is 5.91 Å². The number of fused-ring (bicyclic) bond motifs is 1. The highest BCUT2D eigenvalue weighted by molar-refractivity contribution is 5.97. The minimum Gasteiger partial charge on any atom is -0.494 e. The number of amides is 1. The van der Waals surface area contributed by atoms with Crippen LogP contribution in [0.1, 0.15) is 82.0 Å². The summed E-state index contributed by atoms with van der Waals surface area (Å²) in [6.45, 7) is 13.6. The quantitative estimate of drug-likeness (QED) is 0.201. The molecule has 0 aliphatic carbocycles. The van der Waals surface area contributed by atoms with Crippen LogP contribution in [-0.4, -0.2) is 28.6 Å². The van der Waals surface area contributed by atoms with Crippen LogP contribution in [0, 0.1) is 5.41 Å². The molecule has 0 fully saturated rings. The zero-order valence-electron chi connectivity index (χ0n) is 25.2. The number of ether oxygens (including phenoxy) is 2. The van der Waals surface area contributed by atoms with Crippen molar-refractivity contribution in [3.05, 3.63) is 95.8 Å². The molecule has 4 aromatic rings. The molecule has 1 unspecified atom stereocenters. The van der Waals surface area contributed by atoms with E-state index in [-0.39, 0.29) is 22.9 Å². The van der Waals surface area contributed by atoms with Crippen LogP contribution in [0.15, 0.2) is 79.0 Å². The Morgan fingerprint density at radius 1 is 0.833 bits per heavy atom. The number of rotatable bonds is 10. The molecule has 2 N–H and O–H groups in total. The Hall–Kier alpha value is -4.39. The number of carbonyl (C=O) groups excluding carboxylic acids is 1. The summed E-state index contributed by atoms with van der Waals surface area (Å²) >= 11 is 0. The fourth-order valence-electron chi connectivity index (χ4n) is 4.40. The molecule has 0 bridgehead atoms. The van der Waals surface area contributed by atoms with Gasteiger partial charge in [0.15, 0.2) is 0 Å². The number of carboxylic acids is 1. The molecule has 7 heteroatoms. The molecule has 1 heterocycles. The van der Waals surface area contributed by atoms with Gasteiger partial charge >= 0.3 is 5.97 Å². The first kappa shape index (κ1) is 30.6. The lowest BCUT2D eigenvalue weighted by Crippen LogP contribution is -2.30. The van der Waals surface area contributed by atoms with Crippen molar-refractivity contribution in [1.29, 1.82) is 0 Å². The van der Waals surface area contributed by atoms with Crippen molar-refractivity contribution in [2.24, 2.45) is 5.41 Å². The second-order valence-electron chi connectivity index (χ2n) is 12.8. The van der Waals surface area contributed by atoms with Crippen molar-refractivity contribution in [1.82, 2.24) is 10.3 Å². The highest BCUT2D eigenvalue weighted by Crippen LogP contribution is 2.29. The predicted octanol–water partition coefficient (Wildman–Crippen LogP) is 8.09. The molecule has 0 saturated heterocycles. The van der Waals surface area contributed by atoms with E-state index in [0.717, 1.165) is 22.9 Å². The zero-order valence-corrected chi connectivity index (χ0v) is 25.2. The van der Waals surface area contributed by atoms with E-state index in [0.29, 0.717) is 23.7 Å². The topological polar surface area (TPSA) is 97.8 Å². The monoisotopic (exact) mass is 568 g/mol. The molecule has 3 aromatic carbocycles. The molecule has 1 aromatic heterocycles. The van der Waals surface area contributed by atoms with Gasteiger partial charge < -0.3 is 19.9 Å². The molecular weight excluding hydrogens is 528 g/mol. The number of hydrogen-bond donors (Lipinski definition) is 2. The normalized spacial score (nSPS) is 12.5. The maximum absolute atomic E-state index is 13.1. The van der Waals surface area contributed by atoms with E-state index in [9.17, 15) is 14.7 Å². The van der Waals surface area contributed by atoms with Crippen LogP contribution in [-0.2, 0) is 10.2 Å². The van der Waals surface area contributed by atoms with Gasteiger partial charge in [0, 0.05) is 11.6 Å². The maximum atomic E-state index is 13.1. The van der Waals surface area contributed by atoms with Gasteiger partial charge in [0.05, 0.1) is 19.1 Å². The van der Waals surface area contributed by atoms with E-state index in [2.05, 4.69) is 64.0 Å². The molecule has 1 amide bonds. The van der Waals surface area contributed by atoms with Gasteiger partial charge in [-0.3, -0.25) is 14.6 Å². The van der Waals surface area contributed by atoms with Gasteiger partial charge in [0.2, 0.25) is 0 Å². The Bertz CT molecular complexity index is 1530. The third kappa shape index (κ3) is 8.56. The first-order valence-corrected chi connectivity index (χ1v) is 14.2. The van der Waals surface area contributed by atoms with E-state index >= 15 is 0 Å². The van der Waals surface area contributed by atoms with Crippen LogP contribution in [0.25, 0.3) is 10.8 Å². The van der Waals surface area contributed by atoms with Crippen molar-refractivity contribution in [2.45, 2.75) is 65.8 Å². The van der Waals surface area contributed by atoms with Crippen molar-refractivity contribution in [2.75, 3.05) is 6.61 Å². The maximum Gasteiger partial charge on any atom is 0.305 e. The Morgan fingerprint density at radius 3 is 2.10 bits per heavy atom. The van der Waals surface area contributed by atoms with Crippen molar-refractivity contribution < 1.29 is 24.2 Å². The minimum atomic E-state index is -1.02. The molecular formula is C35H40N2O5. The smallest absolute Gasteiger partial charge is 0.305 e. The van der Waals surface area contributed by atoms with Crippen LogP contribution < -0.4 is 14.8 Å². The zero-order chi connectivity index (χ0) is 30.5. The number of nitrogens with one attached hydrogen (secondary N) is 1. The van der Waals surface area contributed by atoms with Crippen LogP contribution in [0.5, 0.6) is 17.2 Å². The second-order valence-corrected chi connectivity index (χ2v) is 12.8. The SMILES string of the molecule is CC(C)(C)CCOc1ccc(C(CC(=O)O)NC(=O)c2cc3ccc(Oc4ccc(C(C)(C)C)cc4)cc3cn2)cc1. The van der Waals surface area contributed by atoms with Crippen molar-refractivity contribution in [3.63, 3.8) is 0 Å². The first-order chi connectivity index (χ1) is 19.8. The number of benzene rings is 3. The summed E-state index contributed by atoms with van der Waals surface area (Å²) in [4.78, 5) is 29.1. The fraction of sp³-hybridized carbons (Fsp3) is 0.343. The number of pyridine rings is 1. The van der Waals surface area contributed by atoms with Gasteiger partial charge in [-0.25, -0.2) is 0 Å². The van der Waals surface area contributed by atoms with E-state index in [1.807, 2.05) is 30.3 Å². The summed E-state index contributed by atoms with van der Waals surface area (Å²) in [6, 6.07) is 21.8. The van der Waals surface area contributed by atoms with E-state index in [1.165, 1.54) is 5.56 Å². The third-order valence-electron chi connectivity index (χ3n) is 6.97. The second kappa shape index (κ2) is 12.6. The Labute approximate surface area is 247 Å². The standard InChI is InChI=1S/C35H40N2O5/c1-34(2,3)17-18-41-27-12-7-23(8-13-27)30(21-32(38)39)37-33(40)31-20-24-9-14-29(19-25(24)22-36-31)42-28-15-10-26(11-16-28)35(4,5)6/h7-16,19-20,22,30H,17-18,21H2,1-6H3,(H,37,40)(H,38,39). The Kier molecular flexibility index (Phi) is 9.20. The third-order valence-corrected chi connectivity index (χ3v) is 6.97. The predicted molar refractivity (Wildman–Crippen MR) is 165 cm³/mol. The number of aromatic nitrogens is 1. The number of carboxylic acid groups (broad SMARTS) is 1. The first-order valence-electron chi connectivity index (χ1n) is 14.2. The highest BCUT2D eigenvalue weighted by atomic mass is 16.5. The Morgan fingerprint density at radius 2 is 1.48 bits per heavy atom. The van der Waals surface area contributed by atoms with Crippen LogP contribution >= 0.6 is 0 Å². The van der Waals surface area contributed by atoms with E-state index < -0.39 is 17.9 Å². The lowest BCUT2D eigenvalue weighted by molar-refractivity contribution is -0.137. The van der Waals surface area contributed by atoms with Gasteiger partial charge in [-0.2, -0.15) is 0 Å². The molecule has 1 atom stereocenters. The molecule has 4 rings (SSSR count). The molecule has 220 valence electrons. The highest BCUT2D eigenvalue weighted by Gasteiger charge is 2.20. The van der Waals surface area contributed by atoms with Gasteiger partial charge in [0.1, 0.15) is 22.9 Å². The summed E-state index contributed by atoms with van der Waals surface area (Å²) in [5.74, 6) is 0.633. The summed E-state index contributed by atoms with van der Waals surface area (Å²) in [5.41, 5.74) is 2.34. The summed E-state index contributed by atoms with van der Waals surface area (Å²) in [5, 5.41) is 14.0. The molecule has 0 aliphatic rings. The number of carbonyl (C=O) groups is 2. The van der Waals surface area contributed by atoms with Crippen LogP contribution in [0.4, 0.5) is 0 Å². The lowest BCUT2D eigenvalue weighted by Gasteiger charge is -2.19. The van der Waals surface area contributed by atoms with Gasteiger partial charge in [-0.1, -0.05) is 71.9 Å².